The molecule has 0 aliphatic carbocycles. The smallest absolute Gasteiger partial charge is 0.134 e. The molecule has 0 aliphatic heterocycles. The standard InChI is InChI=1S/C15H12Cl2O/c1-2-15(18,11-6-4-3-5-7-11)13-9-8-12(16)10-14(13)17/h2-10,18H,1H2. The molecule has 2 aromatic rings. The molecule has 0 aromatic heterocycles. The van der Waals surface area contributed by atoms with E-state index in [0.717, 1.165) is 0 Å². The van der Waals surface area contributed by atoms with Crippen LogP contribution in [0.1, 0.15) is 11.1 Å². The van der Waals surface area contributed by atoms with Crippen molar-refractivity contribution >= 4 is 23.2 Å². The first-order valence-electron chi connectivity index (χ1n) is 5.45. The van der Waals surface area contributed by atoms with Crippen molar-refractivity contribution in [3.05, 3.63) is 82.4 Å². The molecule has 0 saturated heterocycles. The average molecular weight is 279 g/mol. The maximum atomic E-state index is 10.8. The first-order chi connectivity index (χ1) is 8.58. The third kappa shape index (κ3) is 2.30. The Morgan fingerprint density at radius 2 is 1.72 bits per heavy atom. The minimum Gasteiger partial charge on any atom is -0.377 e. The molecule has 1 N–H and O–H groups in total. The van der Waals surface area contributed by atoms with E-state index >= 15 is 0 Å². The predicted molar refractivity (Wildman–Crippen MR) is 76.1 cm³/mol. The molecule has 2 aromatic carbocycles. The first-order valence-corrected chi connectivity index (χ1v) is 6.20. The molecule has 0 saturated carbocycles. The zero-order valence-corrected chi connectivity index (χ0v) is 11.1. The number of halogens is 2. The van der Waals surface area contributed by atoms with Crippen LogP contribution in [0, 0.1) is 0 Å². The highest BCUT2D eigenvalue weighted by atomic mass is 35.5. The molecule has 92 valence electrons. The zero-order valence-electron chi connectivity index (χ0n) is 9.61. The van der Waals surface area contributed by atoms with E-state index in [0.29, 0.717) is 21.2 Å². The van der Waals surface area contributed by atoms with E-state index in [1.165, 1.54) is 6.08 Å². The minimum atomic E-state index is -1.32. The van der Waals surface area contributed by atoms with Gasteiger partial charge in [-0.1, -0.05) is 72.3 Å². The van der Waals surface area contributed by atoms with Gasteiger partial charge in [0.25, 0.3) is 0 Å². The number of hydrogen-bond acceptors (Lipinski definition) is 1. The third-order valence-electron chi connectivity index (χ3n) is 2.85. The van der Waals surface area contributed by atoms with Gasteiger partial charge in [-0.3, -0.25) is 0 Å². The number of rotatable bonds is 3. The largest absolute Gasteiger partial charge is 0.377 e. The molecule has 1 unspecified atom stereocenters. The molecule has 0 bridgehead atoms. The van der Waals surface area contributed by atoms with Gasteiger partial charge in [0, 0.05) is 15.6 Å². The van der Waals surface area contributed by atoms with E-state index < -0.39 is 5.60 Å². The van der Waals surface area contributed by atoms with Crippen molar-refractivity contribution < 1.29 is 5.11 Å². The number of hydrogen-bond donors (Lipinski definition) is 1. The van der Waals surface area contributed by atoms with Gasteiger partial charge in [0.2, 0.25) is 0 Å². The quantitative estimate of drug-likeness (QED) is 0.825. The third-order valence-corrected chi connectivity index (χ3v) is 3.40. The molecule has 0 heterocycles. The molecule has 1 nitrogen and oxygen atoms in total. The Labute approximate surface area is 116 Å². The average Bonchev–Trinajstić information content (AvgIpc) is 2.39. The lowest BCUT2D eigenvalue weighted by Gasteiger charge is -2.26. The molecule has 0 amide bonds. The highest BCUT2D eigenvalue weighted by Crippen LogP contribution is 2.36. The molecule has 0 radical (unpaired) electrons. The summed E-state index contributed by atoms with van der Waals surface area (Å²) < 4.78 is 0. The summed E-state index contributed by atoms with van der Waals surface area (Å²) >= 11 is 12.0. The lowest BCUT2D eigenvalue weighted by atomic mass is 9.86. The van der Waals surface area contributed by atoms with E-state index in [9.17, 15) is 5.11 Å². The fraction of sp³-hybridized carbons (Fsp3) is 0.0667. The van der Waals surface area contributed by atoms with Crippen LogP contribution in [-0.2, 0) is 5.60 Å². The van der Waals surface area contributed by atoms with Gasteiger partial charge in [0.15, 0.2) is 0 Å². The van der Waals surface area contributed by atoms with Crippen molar-refractivity contribution in [1.29, 1.82) is 0 Å². The Morgan fingerprint density at radius 3 is 2.28 bits per heavy atom. The van der Waals surface area contributed by atoms with Crippen molar-refractivity contribution in [2.24, 2.45) is 0 Å². The Hall–Kier alpha value is -1.28. The van der Waals surface area contributed by atoms with Gasteiger partial charge in [0.05, 0.1) is 0 Å². The monoisotopic (exact) mass is 278 g/mol. The highest BCUT2D eigenvalue weighted by molar-refractivity contribution is 6.35. The lowest BCUT2D eigenvalue weighted by molar-refractivity contribution is 0.135. The van der Waals surface area contributed by atoms with Crippen LogP contribution in [-0.4, -0.2) is 5.11 Å². The second kappa shape index (κ2) is 5.15. The summed E-state index contributed by atoms with van der Waals surface area (Å²) in [5, 5.41) is 11.7. The summed E-state index contributed by atoms with van der Waals surface area (Å²) in [6.07, 6.45) is 1.47. The second-order valence-corrected chi connectivity index (χ2v) is 4.80. The summed E-state index contributed by atoms with van der Waals surface area (Å²) in [5.74, 6) is 0. The summed E-state index contributed by atoms with van der Waals surface area (Å²) in [6.45, 7) is 3.71. The fourth-order valence-electron chi connectivity index (χ4n) is 1.87. The maximum Gasteiger partial charge on any atom is 0.134 e. The van der Waals surface area contributed by atoms with Crippen LogP contribution in [0.3, 0.4) is 0 Å². The van der Waals surface area contributed by atoms with Crippen LogP contribution in [0.15, 0.2) is 61.2 Å². The molecule has 3 heteroatoms. The van der Waals surface area contributed by atoms with Gasteiger partial charge >= 0.3 is 0 Å². The molecular formula is C15H12Cl2O. The van der Waals surface area contributed by atoms with Gasteiger partial charge < -0.3 is 5.11 Å². The van der Waals surface area contributed by atoms with Crippen LogP contribution in [0.5, 0.6) is 0 Å². The maximum absolute atomic E-state index is 10.8. The van der Waals surface area contributed by atoms with Crippen molar-refractivity contribution in [2.75, 3.05) is 0 Å². The van der Waals surface area contributed by atoms with Gasteiger partial charge in [-0.2, -0.15) is 0 Å². The second-order valence-electron chi connectivity index (χ2n) is 3.96. The normalized spacial score (nSPS) is 13.9. The van der Waals surface area contributed by atoms with Gasteiger partial charge in [-0.25, -0.2) is 0 Å². The highest BCUT2D eigenvalue weighted by Gasteiger charge is 2.29. The van der Waals surface area contributed by atoms with Gasteiger partial charge in [-0.05, 0) is 17.7 Å². The van der Waals surface area contributed by atoms with E-state index in [1.807, 2.05) is 30.3 Å². The van der Waals surface area contributed by atoms with Gasteiger partial charge in [-0.15, -0.1) is 0 Å². The van der Waals surface area contributed by atoms with Crippen LogP contribution in [0.4, 0.5) is 0 Å². The summed E-state index contributed by atoms with van der Waals surface area (Å²) in [6, 6.07) is 14.3. The Kier molecular flexibility index (Phi) is 3.76. The van der Waals surface area contributed by atoms with Crippen LogP contribution in [0.2, 0.25) is 10.0 Å². The fourth-order valence-corrected chi connectivity index (χ4v) is 2.43. The van der Waals surface area contributed by atoms with Crippen molar-refractivity contribution in [3.63, 3.8) is 0 Å². The van der Waals surface area contributed by atoms with Gasteiger partial charge in [0.1, 0.15) is 5.60 Å². The summed E-state index contributed by atoms with van der Waals surface area (Å²) in [5.41, 5.74) is -0.0397. The lowest BCUT2D eigenvalue weighted by Crippen LogP contribution is -2.24. The Bertz CT molecular complexity index is 566. The van der Waals surface area contributed by atoms with Crippen LogP contribution >= 0.6 is 23.2 Å². The molecule has 2 rings (SSSR count). The molecule has 1 atom stereocenters. The minimum absolute atomic E-state index is 0.411. The van der Waals surface area contributed by atoms with Crippen LogP contribution in [0.25, 0.3) is 0 Å². The number of aliphatic hydroxyl groups is 1. The van der Waals surface area contributed by atoms with E-state index in [-0.39, 0.29) is 0 Å². The molecule has 18 heavy (non-hydrogen) atoms. The van der Waals surface area contributed by atoms with Crippen molar-refractivity contribution in [3.8, 4) is 0 Å². The molecule has 0 fully saturated rings. The Morgan fingerprint density at radius 1 is 1.06 bits per heavy atom. The predicted octanol–water partition coefficient (Wildman–Crippen LogP) is 4.42. The first kappa shape index (κ1) is 13.2. The number of benzene rings is 2. The summed E-state index contributed by atoms with van der Waals surface area (Å²) in [7, 11) is 0. The zero-order chi connectivity index (χ0) is 13.2. The van der Waals surface area contributed by atoms with Crippen molar-refractivity contribution in [1.82, 2.24) is 0 Å². The van der Waals surface area contributed by atoms with E-state index in [4.69, 9.17) is 23.2 Å². The molecular weight excluding hydrogens is 267 g/mol. The molecule has 0 spiro atoms. The molecule has 0 aliphatic rings. The van der Waals surface area contributed by atoms with E-state index in [2.05, 4.69) is 6.58 Å². The van der Waals surface area contributed by atoms with Crippen LogP contribution < -0.4 is 0 Å². The van der Waals surface area contributed by atoms with Crippen molar-refractivity contribution in [2.45, 2.75) is 5.60 Å². The topological polar surface area (TPSA) is 20.2 Å². The Balaban J connectivity index is 2.60. The SMILES string of the molecule is C=CC(O)(c1ccccc1)c1ccc(Cl)cc1Cl. The van der Waals surface area contributed by atoms with E-state index in [1.54, 1.807) is 18.2 Å². The summed E-state index contributed by atoms with van der Waals surface area (Å²) in [4.78, 5) is 0.